The van der Waals surface area contributed by atoms with E-state index in [1.54, 1.807) is 0 Å². The van der Waals surface area contributed by atoms with Crippen LogP contribution in [-0.2, 0) is 0 Å². The fourth-order valence-corrected chi connectivity index (χ4v) is 3.84. The number of anilines is 1. The van der Waals surface area contributed by atoms with Gasteiger partial charge in [0.1, 0.15) is 6.17 Å². The molecule has 1 saturated heterocycles. The first-order chi connectivity index (χ1) is 10.6. The van der Waals surface area contributed by atoms with Crippen molar-refractivity contribution in [3.8, 4) is 0 Å². The molecule has 1 aromatic rings. The van der Waals surface area contributed by atoms with Crippen LogP contribution in [0.4, 0.5) is 10.1 Å². The molecule has 0 N–H and O–H groups in total. The van der Waals surface area contributed by atoms with E-state index in [1.165, 1.54) is 30.5 Å². The van der Waals surface area contributed by atoms with Gasteiger partial charge in [-0.2, -0.15) is 0 Å². The van der Waals surface area contributed by atoms with E-state index in [9.17, 15) is 4.39 Å². The molecule has 0 amide bonds. The molecule has 0 aromatic heterocycles. The van der Waals surface area contributed by atoms with Crippen molar-refractivity contribution in [2.45, 2.75) is 44.2 Å². The molecule has 2 aliphatic rings. The van der Waals surface area contributed by atoms with Crippen molar-refractivity contribution in [2.24, 2.45) is 5.92 Å². The van der Waals surface area contributed by atoms with Crippen LogP contribution in [0.25, 0.3) is 0 Å². The summed E-state index contributed by atoms with van der Waals surface area (Å²) in [5.41, 5.74) is 2.94. The Morgan fingerprint density at radius 2 is 1.82 bits per heavy atom. The van der Waals surface area contributed by atoms with Crippen molar-refractivity contribution in [2.75, 3.05) is 38.6 Å². The third-order valence-electron chi connectivity index (χ3n) is 5.41. The molecule has 1 aliphatic heterocycles. The fraction of sp³-hybridized carbons (Fsp3) is 0.684. The molecule has 1 aromatic carbocycles. The van der Waals surface area contributed by atoms with E-state index < -0.39 is 6.17 Å². The van der Waals surface area contributed by atoms with E-state index in [1.807, 2.05) is 19.0 Å². The summed E-state index contributed by atoms with van der Waals surface area (Å²) < 4.78 is 14.3. The first-order valence-corrected chi connectivity index (χ1v) is 8.78. The van der Waals surface area contributed by atoms with E-state index in [0.29, 0.717) is 6.54 Å². The summed E-state index contributed by atoms with van der Waals surface area (Å²) in [4.78, 5) is 4.45. The fourth-order valence-electron chi connectivity index (χ4n) is 3.84. The highest BCUT2D eigenvalue weighted by Gasteiger charge is 2.29. The van der Waals surface area contributed by atoms with E-state index in [2.05, 4.69) is 29.2 Å². The third-order valence-corrected chi connectivity index (χ3v) is 5.41. The van der Waals surface area contributed by atoms with E-state index in [0.717, 1.165) is 31.8 Å². The molecular weight excluding hydrogens is 275 g/mol. The van der Waals surface area contributed by atoms with Crippen LogP contribution in [0.2, 0.25) is 0 Å². The zero-order valence-corrected chi connectivity index (χ0v) is 14.0. The largest absolute Gasteiger partial charge is 0.371 e. The van der Waals surface area contributed by atoms with Gasteiger partial charge in [-0.25, -0.2) is 4.39 Å². The Hall–Kier alpha value is -1.09. The van der Waals surface area contributed by atoms with Gasteiger partial charge in [-0.1, -0.05) is 24.6 Å². The van der Waals surface area contributed by atoms with Crippen LogP contribution in [-0.4, -0.2) is 44.8 Å². The average Bonchev–Trinajstić information content (AvgIpc) is 2.46. The minimum absolute atomic E-state index is 0.231. The first-order valence-electron chi connectivity index (χ1n) is 8.78. The Bertz CT molecular complexity index is 476. The minimum Gasteiger partial charge on any atom is -0.371 e. The predicted molar refractivity (Wildman–Crippen MR) is 91.4 cm³/mol. The van der Waals surface area contributed by atoms with Crippen molar-refractivity contribution >= 4 is 5.69 Å². The van der Waals surface area contributed by atoms with Crippen molar-refractivity contribution in [3.05, 3.63) is 29.8 Å². The van der Waals surface area contributed by atoms with Gasteiger partial charge in [-0.3, -0.25) is 0 Å². The van der Waals surface area contributed by atoms with Crippen molar-refractivity contribution in [3.63, 3.8) is 0 Å². The Kier molecular flexibility index (Phi) is 5.02. The highest BCUT2D eigenvalue weighted by atomic mass is 19.1. The smallest absolute Gasteiger partial charge is 0.116 e. The summed E-state index contributed by atoms with van der Waals surface area (Å²) in [6.07, 6.45) is 5.32. The average molecular weight is 304 g/mol. The SMILES string of the molecule is CN(C)C[C@@H](F)C1CCN(c2ccccc2C2CCC2)CC1. The molecule has 22 heavy (non-hydrogen) atoms. The normalized spacial score (nSPS) is 21.9. The summed E-state index contributed by atoms with van der Waals surface area (Å²) in [6.45, 7) is 2.56. The van der Waals surface area contributed by atoms with Gasteiger partial charge in [0.2, 0.25) is 0 Å². The van der Waals surface area contributed by atoms with Crippen LogP contribution >= 0.6 is 0 Å². The maximum atomic E-state index is 14.3. The summed E-state index contributed by atoms with van der Waals surface area (Å²) in [7, 11) is 3.91. The van der Waals surface area contributed by atoms with Crippen LogP contribution in [0.15, 0.2) is 24.3 Å². The molecule has 0 spiro atoms. The summed E-state index contributed by atoms with van der Waals surface area (Å²) in [5, 5.41) is 0. The molecule has 1 atom stereocenters. The molecule has 0 bridgehead atoms. The number of nitrogens with zero attached hydrogens (tertiary/aromatic N) is 2. The molecule has 1 aliphatic carbocycles. The molecule has 1 heterocycles. The Morgan fingerprint density at radius 1 is 1.14 bits per heavy atom. The highest BCUT2D eigenvalue weighted by Crippen LogP contribution is 2.41. The van der Waals surface area contributed by atoms with Gasteiger partial charge in [0, 0.05) is 25.3 Å². The van der Waals surface area contributed by atoms with Gasteiger partial charge < -0.3 is 9.80 Å². The van der Waals surface area contributed by atoms with Crippen LogP contribution in [0, 0.1) is 5.92 Å². The monoisotopic (exact) mass is 304 g/mol. The lowest BCUT2D eigenvalue weighted by Crippen LogP contribution is -2.40. The second-order valence-corrected chi connectivity index (χ2v) is 7.29. The molecular formula is C19H29FN2. The zero-order chi connectivity index (χ0) is 15.5. The Balaban J connectivity index is 1.62. The van der Waals surface area contributed by atoms with Gasteiger partial charge in [-0.15, -0.1) is 0 Å². The number of hydrogen-bond donors (Lipinski definition) is 0. The van der Waals surface area contributed by atoms with Crippen LogP contribution in [0.3, 0.4) is 0 Å². The van der Waals surface area contributed by atoms with Gasteiger partial charge in [-0.05, 0) is 63.2 Å². The summed E-state index contributed by atoms with van der Waals surface area (Å²) in [5.74, 6) is 0.992. The lowest BCUT2D eigenvalue weighted by molar-refractivity contribution is 0.155. The second kappa shape index (κ2) is 6.99. The van der Waals surface area contributed by atoms with Crippen molar-refractivity contribution in [1.82, 2.24) is 4.90 Å². The van der Waals surface area contributed by atoms with Gasteiger partial charge in [0.25, 0.3) is 0 Å². The molecule has 2 nitrogen and oxygen atoms in total. The summed E-state index contributed by atoms with van der Waals surface area (Å²) in [6, 6.07) is 8.88. The maximum Gasteiger partial charge on any atom is 0.116 e. The maximum absolute atomic E-state index is 14.3. The first kappa shape index (κ1) is 15.8. The molecule has 1 saturated carbocycles. The van der Waals surface area contributed by atoms with Crippen molar-refractivity contribution < 1.29 is 4.39 Å². The number of piperidine rings is 1. The quantitative estimate of drug-likeness (QED) is 0.809. The second-order valence-electron chi connectivity index (χ2n) is 7.29. The standard InChI is InChI=1S/C19H29FN2/c1-21(2)14-18(20)16-10-12-22(13-11-16)19-9-4-3-8-17(19)15-6-5-7-15/h3-4,8-9,15-16,18H,5-7,10-14H2,1-2H3/t18-/m1/s1. The minimum atomic E-state index is -0.681. The molecule has 2 fully saturated rings. The number of benzene rings is 1. The lowest BCUT2D eigenvalue weighted by Gasteiger charge is -2.38. The van der Waals surface area contributed by atoms with Gasteiger partial charge in [0.05, 0.1) is 0 Å². The summed E-state index contributed by atoms with van der Waals surface area (Å²) >= 11 is 0. The van der Waals surface area contributed by atoms with Gasteiger partial charge >= 0.3 is 0 Å². The van der Waals surface area contributed by atoms with Crippen LogP contribution in [0.5, 0.6) is 0 Å². The Labute approximate surface area is 134 Å². The number of para-hydroxylation sites is 1. The van der Waals surface area contributed by atoms with E-state index in [4.69, 9.17) is 0 Å². The van der Waals surface area contributed by atoms with Gasteiger partial charge in [0.15, 0.2) is 0 Å². The van der Waals surface area contributed by atoms with Crippen LogP contribution < -0.4 is 4.90 Å². The molecule has 3 rings (SSSR count). The predicted octanol–water partition coefficient (Wildman–Crippen LogP) is 4.07. The molecule has 3 heteroatoms. The number of halogens is 1. The molecule has 0 radical (unpaired) electrons. The zero-order valence-electron chi connectivity index (χ0n) is 14.0. The van der Waals surface area contributed by atoms with Crippen molar-refractivity contribution in [1.29, 1.82) is 0 Å². The molecule has 0 unspecified atom stereocenters. The Morgan fingerprint density at radius 3 is 2.41 bits per heavy atom. The number of alkyl halides is 1. The van der Waals surface area contributed by atoms with Crippen LogP contribution in [0.1, 0.15) is 43.6 Å². The van der Waals surface area contributed by atoms with E-state index >= 15 is 0 Å². The number of rotatable bonds is 5. The number of hydrogen-bond acceptors (Lipinski definition) is 2. The highest BCUT2D eigenvalue weighted by molar-refractivity contribution is 5.56. The lowest BCUT2D eigenvalue weighted by atomic mass is 9.79. The topological polar surface area (TPSA) is 6.48 Å². The molecule has 122 valence electrons. The third kappa shape index (κ3) is 3.45. The van der Waals surface area contributed by atoms with E-state index in [-0.39, 0.29) is 5.92 Å².